The Balaban J connectivity index is 2.15. The number of sulfonamides is 1. The number of nitrogens with two attached hydrogens (primary N) is 1. The van der Waals surface area contributed by atoms with Gasteiger partial charge in [-0.3, -0.25) is 4.57 Å². The highest BCUT2D eigenvalue weighted by Gasteiger charge is 2.22. The minimum absolute atomic E-state index is 0.251. The number of primary sulfonamides is 1. The molecule has 0 bridgehead atoms. The summed E-state index contributed by atoms with van der Waals surface area (Å²) in [4.78, 5) is 0. The van der Waals surface area contributed by atoms with Crippen molar-refractivity contribution in [3.8, 4) is 5.69 Å². The molecule has 0 radical (unpaired) electrons. The molecule has 0 amide bonds. The van der Waals surface area contributed by atoms with Gasteiger partial charge in [0.15, 0.2) is 0 Å². The zero-order valence-corrected chi connectivity index (χ0v) is 12.5. The molecule has 0 aliphatic carbocycles. The van der Waals surface area contributed by atoms with Crippen LogP contribution in [0.3, 0.4) is 0 Å². The van der Waals surface area contributed by atoms with E-state index in [0.29, 0.717) is 17.9 Å². The van der Waals surface area contributed by atoms with Gasteiger partial charge in [0.05, 0.1) is 0 Å². The van der Waals surface area contributed by atoms with Crippen molar-refractivity contribution in [3.05, 3.63) is 58.5 Å². The van der Waals surface area contributed by atoms with Crippen LogP contribution < -0.4 is 5.14 Å². The molecule has 1 aromatic carbocycles. The van der Waals surface area contributed by atoms with E-state index in [0.717, 1.165) is 5.56 Å². The Kier molecular flexibility index (Phi) is 3.58. The molecule has 0 spiro atoms. The SMILES string of the molecule is NS(=O)(=O)c1nnc(Cc2ccsc2)n1-c1ccccc1. The fourth-order valence-electron chi connectivity index (χ4n) is 2.01. The van der Waals surface area contributed by atoms with Crippen molar-refractivity contribution in [2.45, 2.75) is 11.6 Å². The lowest BCUT2D eigenvalue weighted by Crippen LogP contribution is -2.18. The zero-order chi connectivity index (χ0) is 14.9. The number of para-hydroxylation sites is 1. The van der Waals surface area contributed by atoms with Crippen LogP contribution in [0.4, 0.5) is 0 Å². The molecule has 0 saturated heterocycles. The number of hydrogen-bond donors (Lipinski definition) is 1. The second-order valence-electron chi connectivity index (χ2n) is 4.42. The summed E-state index contributed by atoms with van der Waals surface area (Å²) in [6, 6.07) is 11.0. The van der Waals surface area contributed by atoms with Gasteiger partial charge in [0.25, 0.3) is 15.2 Å². The van der Waals surface area contributed by atoms with Crippen molar-refractivity contribution in [2.24, 2.45) is 5.14 Å². The fourth-order valence-corrected chi connectivity index (χ4v) is 3.30. The summed E-state index contributed by atoms with van der Waals surface area (Å²) < 4.78 is 24.9. The van der Waals surface area contributed by atoms with Crippen molar-refractivity contribution in [3.63, 3.8) is 0 Å². The molecule has 3 rings (SSSR count). The summed E-state index contributed by atoms with van der Waals surface area (Å²) >= 11 is 1.57. The standard InChI is InChI=1S/C13H12N4O2S2/c14-21(18,19)13-16-15-12(8-10-6-7-20-9-10)17(13)11-4-2-1-3-5-11/h1-7,9H,8H2,(H2,14,18,19). The van der Waals surface area contributed by atoms with Crippen molar-refractivity contribution in [1.82, 2.24) is 14.8 Å². The van der Waals surface area contributed by atoms with Crippen LogP contribution in [0, 0.1) is 0 Å². The van der Waals surface area contributed by atoms with Crippen molar-refractivity contribution < 1.29 is 8.42 Å². The maximum Gasteiger partial charge on any atom is 0.274 e. The normalized spacial score (nSPS) is 11.7. The highest BCUT2D eigenvalue weighted by Crippen LogP contribution is 2.19. The second kappa shape index (κ2) is 5.40. The van der Waals surface area contributed by atoms with Gasteiger partial charge in [-0.1, -0.05) is 18.2 Å². The molecule has 3 aromatic rings. The number of benzene rings is 1. The zero-order valence-electron chi connectivity index (χ0n) is 10.9. The Hall–Kier alpha value is -2.03. The summed E-state index contributed by atoms with van der Waals surface area (Å²) in [6.45, 7) is 0. The van der Waals surface area contributed by atoms with E-state index in [-0.39, 0.29) is 5.16 Å². The highest BCUT2D eigenvalue weighted by molar-refractivity contribution is 7.89. The van der Waals surface area contributed by atoms with E-state index < -0.39 is 10.0 Å². The number of thiophene rings is 1. The first-order valence-electron chi connectivity index (χ1n) is 6.09. The van der Waals surface area contributed by atoms with E-state index in [2.05, 4.69) is 10.2 Å². The van der Waals surface area contributed by atoms with Gasteiger partial charge in [0.1, 0.15) is 5.82 Å². The average Bonchev–Trinajstić information content (AvgIpc) is 3.09. The van der Waals surface area contributed by atoms with E-state index >= 15 is 0 Å². The van der Waals surface area contributed by atoms with E-state index in [1.54, 1.807) is 23.5 Å². The van der Waals surface area contributed by atoms with E-state index in [1.807, 2.05) is 35.0 Å². The monoisotopic (exact) mass is 320 g/mol. The summed E-state index contributed by atoms with van der Waals surface area (Å²) in [5.41, 5.74) is 1.71. The van der Waals surface area contributed by atoms with Crippen molar-refractivity contribution in [1.29, 1.82) is 0 Å². The smallest absolute Gasteiger partial charge is 0.268 e. The molecule has 6 nitrogen and oxygen atoms in total. The first-order chi connectivity index (χ1) is 10.1. The maximum atomic E-state index is 11.7. The summed E-state index contributed by atoms with van der Waals surface area (Å²) in [6.07, 6.45) is 0.487. The molecule has 2 heterocycles. The summed E-state index contributed by atoms with van der Waals surface area (Å²) in [5.74, 6) is 0.531. The molecule has 0 saturated carbocycles. The van der Waals surface area contributed by atoms with E-state index in [1.165, 1.54) is 4.57 Å². The van der Waals surface area contributed by atoms with Crippen molar-refractivity contribution >= 4 is 21.4 Å². The molecule has 2 aromatic heterocycles. The lowest BCUT2D eigenvalue weighted by atomic mass is 10.2. The van der Waals surface area contributed by atoms with Gasteiger partial charge in [-0.2, -0.15) is 11.3 Å². The maximum absolute atomic E-state index is 11.7. The van der Waals surface area contributed by atoms with Crippen LogP contribution in [0.25, 0.3) is 5.69 Å². The number of rotatable bonds is 4. The first-order valence-corrected chi connectivity index (χ1v) is 8.58. The lowest BCUT2D eigenvalue weighted by molar-refractivity contribution is 0.584. The molecular formula is C13H12N4O2S2. The van der Waals surface area contributed by atoms with Gasteiger partial charge >= 0.3 is 0 Å². The molecule has 0 unspecified atom stereocenters. The largest absolute Gasteiger partial charge is 0.274 e. The van der Waals surface area contributed by atoms with Crippen LogP contribution >= 0.6 is 11.3 Å². The summed E-state index contributed by atoms with van der Waals surface area (Å²) in [7, 11) is -3.95. The van der Waals surface area contributed by atoms with E-state index in [4.69, 9.17) is 5.14 Å². The van der Waals surface area contributed by atoms with Crippen molar-refractivity contribution in [2.75, 3.05) is 0 Å². The molecule has 8 heteroatoms. The van der Waals surface area contributed by atoms with Crippen LogP contribution in [0.1, 0.15) is 11.4 Å². The topological polar surface area (TPSA) is 90.9 Å². The molecule has 108 valence electrons. The number of hydrogen-bond acceptors (Lipinski definition) is 5. The van der Waals surface area contributed by atoms with Crippen LogP contribution in [0.2, 0.25) is 0 Å². The third-order valence-corrected chi connectivity index (χ3v) is 4.42. The van der Waals surface area contributed by atoms with Gasteiger partial charge in [-0.15, -0.1) is 10.2 Å². The number of aromatic nitrogens is 3. The molecular weight excluding hydrogens is 308 g/mol. The third kappa shape index (κ3) is 2.87. The van der Waals surface area contributed by atoms with Crippen LogP contribution in [0.5, 0.6) is 0 Å². The van der Waals surface area contributed by atoms with Crippen LogP contribution in [-0.2, 0) is 16.4 Å². The minimum Gasteiger partial charge on any atom is -0.268 e. The van der Waals surface area contributed by atoms with Crippen LogP contribution in [-0.4, -0.2) is 23.2 Å². The Morgan fingerprint density at radius 3 is 2.52 bits per heavy atom. The quantitative estimate of drug-likeness (QED) is 0.790. The average molecular weight is 320 g/mol. The predicted molar refractivity (Wildman–Crippen MR) is 79.9 cm³/mol. The molecule has 0 fully saturated rings. The van der Waals surface area contributed by atoms with Gasteiger partial charge in [-0.05, 0) is 34.5 Å². The first kappa shape index (κ1) is 13.9. The van der Waals surface area contributed by atoms with Gasteiger partial charge in [0, 0.05) is 12.1 Å². The highest BCUT2D eigenvalue weighted by atomic mass is 32.2. The lowest BCUT2D eigenvalue weighted by Gasteiger charge is -2.08. The Labute approximate surface area is 125 Å². The minimum atomic E-state index is -3.95. The molecule has 2 N–H and O–H groups in total. The Morgan fingerprint density at radius 1 is 1.14 bits per heavy atom. The molecule has 0 atom stereocenters. The predicted octanol–water partition coefficient (Wildman–Crippen LogP) is 1.57. The Bertz CT molecular complexity index is 840. The van der Waals surface area contributed by atoms with Gasteiger partial charge in [0.2, 0.25) is 0 Å². The van der Waals surface area contributed by atoms with E-state index in [9.17, 15) is 8.42 Å². The summed E-state index contributed by atoms with van der Waals surface area (Å²) in [5, 5.41) is 16.7. The van der Waals surface area contributed by atoms with Gasteiger partial charge in [-0.25, -0.2) is 13.6 Å². The van der Waals surface area contributed by atoms with Gasteiger partial charge < -0.3 is 0 Å². The number of nitrogens with zero attached hydrogens (tertiary/aromatic N) is 3. The third-order valence-electron chi connectivity index (χ3n) is 2.91. The van der Waals surface area contributed by atoms with Crippen LogP contribution in [0.15, 0.2) is 52.3 Å². The molecule has 21 heavy (non-hydrogen) atoms. The fraction of sp³-hybridized carbons (Fsp3) is 0.0769. The second-order valence-corrected chi connectivity index (χ2v) is 6.66. The molecule has 0 aliphatic heterocycles. The Morgan fingerprint density at radius 2 is 1.90 bits per heavy atom. The molecule has 0 aliphatic rings.